The minimum atomic E-state index is 0.573. The number of ether oxygens (including phenoxy) is 1. The maximum absolute atomic E-state index is 5.51. The molecule has 2 atom stereocenters. The predicted octanol–water partition coefficient (Wildman–Crippen LogP) is 2.70. The molecule has 4 nitrogen and oxygen atoms in total. The first-order chi connectivity index (χ1) is 9.27. The van der Waals surface area contributed by atoms with Crippen molar-refractivity contribution < 1.29 is 4.74 Å². The highest BCUT2D eigenvalue weighted by molar-refractivity contribution is 5.29. The van der Waals surface area contributed by atoms with Crippen LogP contribution in [0.3, 0.4) is 0 Å². The van der Waals surface area contributed by atoms with Crippen LogP contribution in [-0.2, 0) is 7.05 Å². The summed E-state index contributed by atoms with van der Waals surface area (Å²) in [5, 5.41) is 7.90. The van der Waals surface area contributed by atoms with Crippen LogP contribution in [0.25, 0.3) is 0 Å². The minimum absolute atomic E-state index is 0.573. The lowest BCUT2D eigenvalue weighted by atomic mass is 9.85. The molecule has 0 saturated heterocycles. The van der Waals surface area contributed by atoms with E-state index in [2.05, 4.69) is 17.3 Å². The van der Waals surface area contributed by atoms with Crippen LogP contribution in [0.5, 0.6) is 5.75 Å². The lowest BCUT2D eigenvalue weighted by Crippen LogP contribution is -2.27. The van der Waals surface area contributed by atoms with Gasteiger partial charge >= 0.3 is 0 Å². The monoisotopic (exact) mass is 265 g/mol. The number of methoxy groups -OCH3 is 1. The van der Waals surface area contributed by atoms with Gasteiger partial charge in [0.15, 0.2) is 5.75 Å². The van der Waals surface area contributed by atoms with E-state index in [0.717, 1.165) is 18.8 Å². The molecular weight excluding hydrogens is 238 g/mol. The third kappa shape index (κ3) is 3.30. The fourth-order valence-electron chi connectivity index (χ4n) is 3.33. The number of aryl methyl sites for hydroxylation is 1. The Bertz CT molecular complexity index is 389. The normalized spacial score (nSPS) is 24.2. The van der Waals surface area contributed by atoms with Crippen molar-refractivity contribution >= 4 is 0 Å². The predicted molar refractivity (Wildman–Crippen MR) is 77.6 cm³/mol. The van der Waals surface area contributed by atoms with Crippen LogP contribution in [0.4, 0.5) is 0 Å². The van der Waals surface area contributed by atoms with Crippen molar-refractivity contribution in [2.45, 2.75) is 44.9 Å². The minimum Gasteiger partial charge on any atom is -0.493 e. The standard InChI is InChI=1S/C15H27N3O/c1-4-16-10-12-8-6-5-7-9-13(12)15-14(19-3)11-17-18(15)2/h11-13,16H,4-10H2,1-3H3. The number of nitrogens with zero attached hydrogens (tertiary/aromatic N) is 2. The van der Waals surface area contributed by atoms with Crippen LogP contribution in [0.1, 0.15) is 50.6 Å². The van der Waals surface area contributed by atoms with Crippen molar-refractivity contribution in [3.05, 3.63) is 11.9 Å². The Morgan fingerprint density at radius 3 is 2.89 bits per heavy atom. The second kappa shape index (κ2) is 6.94. The van der Waals surface area contributed by atoms with Gasteiger partial charge in [0.1, 0.15) is 0 Å². The van der Waals surface area contributed by atoms with Gasteiger partial charge in [-0.1, -0.05) is 26.2 Å². The lowest BCUT2D eigenvalue weighted by molar-refractivity contribution is 0.344. The van der Waals surface area contributed by atoms with Crippen molar-refractivity contribution in [2.75, 3.05) is 20.2 Å². The Kier molecular flexibility index (Phi) is 5.25. The topological polar surface area (TPSA) is 39.1 Å². The highest BCUT2D eigenvalue weighted by Gasteiger charge is 2.29. The van der Waals surface area contributed by atoms with E-state index < -0.39 is 0 Å². The molecular formula is C15H27N3O. The number of aromatic nitrogens is 2. The number of nitrogens with one attached hydrogen (secondary N) is 1. The van der Waals surface area contributed by atoms with Crippen molar-refractivity contribution in [1.29, 1.82) is 0 Å². The largest absolute Gasteiger partial charge is 0.493 e. The van der Waals surface area contributed by atoms with Crippen LogP contribution >= 0.6 is 0 Å². The van der Waals surface area contributed by atoms with Gasteiger partial charge in [0.25, 0.3) is 0 Å². The summed E-state index contributed by atoms with van der Waals surface area (Å²) in [5.41, 5.74) is 1.28. The van der Waals surface area contributed by atoms with Gasteiger partial charge < -0.3 is 10.1 Å². The van der Waals surface area contributed by atoms with E-state index in [-0.39, 0.29) is 0 Å². The van der Waals surface area contributed by atoms with Crippen LogP contribution in [-0.4, -0.2) is 30.0 Å². The Morgan fingerprint density at radius 2 is 2.16 bits per heavy atom. The molecule has 1 aliphatic rings. The summed E-state index contributed by atoms with van der Waals surface area (Å²) in [4.78, 5) is 0. The average Bonchev–Trinajstić information content (AvgIpc) is 2.65. The summed E-state index contributed by atoms with van der Waals surface area (Å²) in [6.07, 6.45) is 8.45. The van der Waals surface area contributed by atoms with Gasteiger partial charge in [-0.25, -0.2) is 0 Å². The maximum Gasteiger partial charge on any atom is 0.160 e. The molecule has 1 fully saturated rings. The Balaban J connectivity index is 2.23. The molecule has 19 heavy (non-hydrogen) atoms. The van der Waals surface area contributed by atoms with E-state index in [1.807, 2.05) is 17.9 Å². The van der Waals surface area contributed by atoms with Crippen molar-refractivity contribution in [3.8, 4) is 5.75 Å². The summed E-state index contributed by atoms with van der Waals surface area (Å²) < 4.78 is 7.52. The summed E-state index contributed by atoms with van der Waals surface area (Å²) >= 11 is 0. The van der Waals surface area contributed by atoms with E-state index in [4.69, 9.17) is 4.74 Å². The van der Waals surface area contributed by atoms with Gasteiger partial charge in [-0.15, -0.1) is 0 Å². The maximum atomic E-state index is 5.51. The molecule has 0 spiro atoms. The zero-order chi connectivity index (χ0) is 13.7. The Hall–Kier alpha value is -1.03. The average molecular weight is 265 g/mol. The van der Waals surface area contributed by atoms with Crippen molar-refractivity contribution in [1.82, 2.24) is 15.1 Å². The van der Waals surface area contributed by atoms with Crippen molar-refractivity contribution in [2.24, 2.45) is 13.0 Å². The van der Waals surface area contributed by atoms with Crippen molar-refractivity contribution in [3.63, 3.8) is 0 Å². The second-order valence-corrected chi connectivity index (χ2v) is 5.53. The molecule has 1 saturated carbocycles. The highest BCUT2D eigenvalue weighted by Crippen LogP contribution is 2.39. The van der Waals surface area contributed by atoms with E-state index in [9.17, 15) is 0 Å². The molecule has 4 heteroatoms. The van der Waals surface area contributed by atoms with Gasteiger partial charge in [-0.3, -0.25) is 4.68 Å². The van der Waals surface area contributed by atoms with E-state index in [0.29, 0.717) is 11.8 Å². The summed E-state index contributed by atoms with van der Waals surface area (Å²) in [6.45, 7) is 4.33. The molecule has 1 N–H and O–H groups in total. The number of hydrogen-bond acceptors (Lipinski definition) is 3. The zero-order valence-electron chi connectivity index (χ0n) is 12.5. The SMILES string of the molecule is CCNCC1CCCCCC1c1c(OC)cnn1C. The number of rotatable bonds is 5. The van der Waals surface area contributed by atoms with Gasteiger partial charge in [0.05, 0.1) is 19.0 Å². The first-order valence-corrected chi connectivity index (χ1v) is 7.54. The van der Waals surface area contributed by atoms with Crippen LogP contribution in [0.2, 0.25) is 0 Å². The molecule has 2 rings (SSSR count). The van der Waals surface area contributed by atoms with Crippen LogP contribution in [0, 0.1) is 5.92 Å². The third-order valence-corrected chi connectivity index (χ3v) is 4.34. The molecule has 0 amide bonds. The Morgan fingerprint density at radius 1 is 1.37 bits per heavy atom. The van der Waals surface area contributed by atoms with Crippen LogP contribution in [0.15, 0.2) is 6.20 Å². The summed E-state index contributed by atoms with van der Waals surface area (Å²) in [5.74, 6) is 2.23. The molecule has 0 aliphatic heterocycles. The molecule has 1 aliphatic carbocycles. The number of hydrogen-bond donors (Lipinski definition) is 1. The Labute approximate surface area is 116 Å². The molecule has 2 unspecified atom stereocenters. The zero-order valence-corrected chi connectivity index (χ0v) is 12.5. The third-order valence-electron chi connectivity index (χ3n) is 4.34. The second-order valence-electron chi connectivity index (χ2n) is 5.53. The van der Waals surface area contributed by atoms with Gasteiger partial charge in [-0.2, -0.15) is 5.10 Å². The van der Waals surface area contributed by atoms with E-state index in [1.165, 1.54) is 37.8 Å². The van der Waals surface area contributed by atoms with Gasteiger partial charge in [-0.05, 0) is 31.8 Å². The van der Waals surface area contributed by atoms with E-state index >= 15 is 0 Å². The molecule has 1 heterocycles. The van der Waals surface area contributed by atoms with Gasteiger partial charge in [0.2, 0.25) is 0 Å². The van der Waals surface area contributed by atoms with Gasteiger partial charge in [0, 0.05) is 13.0 Å². The summed E-state index contributed by atoms with van der Waals surface area (Å²) in [6, 6.07) is 0. The quantitative estimate of drug-likeness (QED) is 0.832. The molecule has 1 aromatic heterocycles. The fraction of sp³-hybridized carbons (Fsp3) is 0.800. The molecule has 1 aromatic rings. The van der Waals surface area contributed by atoms with E-state index in [1.54, 1.807) is 7.11 Å². The fourth-order valence-corrected chi connectivity index (χ4v) is 3.33. The molecule has 0 aromatic carbocycles. The molecule has 0 bridgehead atoms. The smallest absolute Gasteiger partial charge is 0.160 e. The van der Waals surface area contributed by atoms with Crippen LogP contribution < -0.4 is 10.1 Å². The molecule has 108 valence electrons. The highest BCUT2D eigenvalue weighted by atomic mass is 16.5. The summed E-state index contributed by atoms with van der Waals surface area (Å²) in [7, 11) is 3.78. The lowest BCUT2D eigenvalue weighted by Gasteiger charge is -2.26. The first kappa shape index (κ1) is 14.4. The first-order valence-electron chi connectivity index (χ1n) is 7.54. The molecule has 0 radical (unpaired) electrons.